The van der Waals surface area contributed by atoms with E-state index in [4.69, 9.17) is 13.0 Å². The Labute approximate surface area is 286 Å². The number of alkyl halides is 3. The number of ether oxygens (including phenoxy) is 1. The van der Waals surface area contributed by atoms with Crippen molar-refractivity contribution in [2.75, 3.05) is 39.5 Å². The van der Waals surface area contributed by atoms with Crippen molar-refractivity contribution in [2.24, 2.45) is 5.92 Å². The van der Waals surface area contributed by atoms with Crippen LogP contribution in [0.25, 0.3) is 0 Å². The van der Waals surface area contributed by atoms with E-state index in [2.05, 4.69) is 36.6 Å². The molecule has 6 amide bonds. The molecule has 274 valence electrons. The lowest BCUT2D eigenvalue weighted by Crippen LogP contribution is -2.54. The molecule has 0 aliphatic carbocycles. The number of halogens is 3. The van der Waals surface area contributed by atoms with Gasteiger partial charge in [-0.3, -0.25) is 33.6 Å². The van der Waals surface area contributed by atoms with E-state index in [0.717, 1.165) is 0 Å². The molecule has 0 saturated carbocycles. The summed E-state index contributed by atoms with van der Waals surface area (Å²) in [5.74, 6) is -6.08. The topological polar surface area (TPSA) is 250 Å². The Hall–Kier alpha value is -5.05. The second kappa shape index (κ2) is 21.1. The van der Waals surface area contributed by atoms with E-state index < -0.39 is 104 Å². The second-order valence-electron chi connectivity index (χ2n) is 11.1. The molecule has 0 aliphatic heterocycles. The lowest BCUT2D eigenvalue weighted by molar-refractivity contribution is -0.231. The Morgan fingerprint density at radius 1 is 0.800 bits per heavy atom. The molecule has 3 unspecified atom stereocenters. The second-order valence-corrected chi connectivity index (χ2v) is 11.1. The zero-order chi connectivity index (χ0) is 37.9. The van der Waals surface area contributed by atoms with Gasteiger partial charge in [0.05, 0.1) is 26.2 Å². The van der Waals surface area contributed by atoms with Gasteiger partial charge in [0.15, 0.2) is 11.8 Å². The number of carboxylic acid groups (broad SMARTS) is 1. The van der Waals surface area contributed by atoms with Gasteiger partial charge in [-0.25, -0.2) is 0 Å². The third-order valence-electron chi connectivity index (χ3n) is 6.30. The van der Waals surface area contributed by atoms with Gasteiger partial charge in [-0.05, 0) is 11.5 Å². The van der Waals surface area contributed by atoms with Crippen LogP contribution in [-0.4, -0.2) is 124 Å². The van der Waals surface area contributed by atoms with Crippen LogP contribution < -0.4 is 37.2 Å². The van der Waals surface area contributed by atoms with Crippen LogP contribution in [0.5, 0.6) is 0 Å². The number of carbonyl (C=O) groups is 8. The standard InChI is InChI=1S/C29H39BF3N7O10/c1-17(2)8-21(42)40-20(10-34-14-25(46)47)27(49)37-11-22(43)35-13-24(45)39-19(9-18-6-4-3-5-7-18)26(48)36-12-23(44)38-16-50-28(30,15-41)29(31,32)33/h3-7,15,17,19-20,34H,8-14,16H2,1-2H3,(H,35,43)(H,36,48)(H,37,49)(H,38,44)(H,39,45)(H,40,42)(H,46,47). The Bertz CT molecular complexity index is 1350. The van der Waals surface area contributed by atoms with E-state index >= 15 is 0 Å². The molecule has 1 aromatic carbocycles. The third-order valence-corrected chi connectivity index (χ3v) is 6.30. The molecule has 2 radical (unpaired) electrons. The molecule has 0 saturated heterocycles. The van der Waals surface area contributed by atoms with Crippen LogP contribution in [-0.2, 0) is 49.5 Å². The number of carboxylic acids is 1. The molecule has 0 bridgehead atoms. The van der Waals surface area contributed by atoms with Crippen molar-refractivity contribution in [1.82, 2.24) is 37.2 Å². The maximum absolute atomic E-state index is 12.9. The van der Waals surface area contributed by atoms with Crippen LogP contribution in [0.2, 0.25) is 0 Å². The largest absolute Gasteiger partial charge is 0.480 e. The summed E-state index contributed by atoms with van der Waals surface area (Å²) in [6.45, 7) is -0.362. The maximum Gasteiger partial charge on any atom is 0.415 e. The average Bonchev–Trinajstić information content (AvgIpc) is 3.03. The van der Waals surface area contributed by atoms with Gasteiger partial charge in [0.25, 0.3) is 0 Å². The Morgan fingerprint density at radius 2 is 1.34 bits per heavy atom. The smallest absolute Gasteiger partial charge is 0.415 e. The minimum atomic E-state index is -5.26. The molecule has 1 aromatic rings. The number of amides is 6. The van der Waals surface area contributed by atoms with Gasteiger partial charge in [0, 0.05) is 19.4 Å². The van der Waals surface area contributed by atoms with E-state index in [9.17, 15) is 51.5 Å². The molecule has 3 atom stereocenters. The van der Waals surface area contributed by atoms with Crippen LogP contribution in [0.15, 0.2) is 30.3 Å². The van der Waals surface area contributed by atoms with E-state index in [1.54, 1.807) is 44.2 Å². The first-order chi connectivity index (χ1) is 23.4. The van der Waals surface area contributed by atoms with Gasteiger partial charge in [-0.15, -0.1) is 0 Å². The molecule has 0 aromatic heterocycles. The van der Waals surface area contributed by atoms with Gasteiger partial charge in [-0.2, -0.15) is 13.2 Å². The van der Waals surface area contributed by atoms with Crippen molar-refractivity contribution in [1.29, 1.82) is 0 Å². The van der Waals surface area contributed by atoms with Crippen LogP contribution in [0, 0.1) is 5.92 Å². The van der Waals surface area contributed by atoms with Gasteiger partial charge in [0.1, 0.15) is 26.7 Å². The number of hydrogen-bond acceptors (Lipinski definition) is 10. The zero-order valence-corrected chi connectivity index (χ0v) is 27.2. The first-order valence-corrected chi connectivity index (χ1v) is 15.0. The highest BCUT2D eigenvalue weighted by atomic mass is 19.4. The van der Waals surface area contributed by atoms with Gasteiger partial charge in [0.2, 0.25) is 35.4 Å². The predicted octanol–water partition coefficient (Wildman–Crippen LogP) is -3.02. The van der Waals surface area contributed by atoms with Crippen LogP contribution in [0.3, 0.4) is 0 Å². The number of hydrogen-bond donors (Lipinski definition) is 8. The number of aldehydes is 1. The Kier molecular flexibility index (Phi) is 18.2. The summed E-state index contributed by atoms with van der Waals surface area (Å²) < 4.78 is 42.7. The van der Waals surface area contributed by atoms with E-state index in [1.807, 2.05) is 5.32 Å². The molecule has 1 rings (SSSR count). The fourth-order valence-electron chi connectivity index (χ4n) is 3.76. The molecule has 50 heavy (non-hydrogen) atoms. The number of carbonyl (C=O) groups excluding carboxylic acids is 7. The third kappa shape index (κ3) is 16.9. The highest BCUT2D eigenvalue weighted by Gasteiger charge is 2.52. The summed E-state index contributed by atoms with van der Waals surface area (Å²) in [5.41, 5.74) is -3.07. The minimum absolute atomic E-state index is 0.0294. The Morgan fingerprint density at radius 3 is 1.88 bits per heavy atom. The molecule has 0 heterocycles. The number of rotatable bonds is 22. The normalized spacial score (nSPS) is 13.5. The molecule has 0 fully saturated rings. The number of aliphatic carboxylic acids is 1. The molecule has 8 N–H and O–H groups in total. The summed E-state index contributed by atoms with van der Waals surface area (Å²) >= 11 is 0. The molecule has 21 heteroatoms. The monoisotopic (exact) mass is 713 g/mol. The first-order valence-electron chi connectivity index (χ1n) is 15.0. The van der Waals surface area contributed by atoms with Crippen LogP contribution in [0.4, 0.5) is 13.2 Å². The number of nitrogens with one attached hydrogen (secondary N) is 7. The lowest BCUT2D eigenvalue weighted by atomic mass is 9.82. The van der Waals surface area contributed by atoms with Crippen molar-refractivity contribution < 1.29 is 61.4 Å². The number of benzene rings is 1. The summed E-state index contributed by atoms with van der Waals surface area (Å²) in [4.78, 5) is 96.2. The van der Waals surface area contributed by atoms with Crippen molar-refractivity contribution in [3.05, 3.63) is 35.9 Å². The quantitative estimate of drug-likeness (QED) is 0.0341. The first kappa shape index (κ1) is 43.0. The fourth-order valence-corrected chi connectivity index (χ4v) is 3.76. The van der Waals surface area contributed by atoms with Crippen LogP contribution in [0.1, 0.15) is 25.8 Å². The van der Waals surface area contributed by atoms with E-state index in [-0.39, 0.29) is 25.3 Å². The summed E-state index contributed by atoms with van der Waals surface area (Å²) in [6.07, 6.45) is -5.94. The Balaban J connectivity index is 2.72. The summed E-state index contributed by atoms with van der Waals surface area (Å²) in [5, 5.41) is 24.8. The van der Waals surface area contributed by atoms with Crippen molar-refractivity contribution in [2.45, 2.75) is 50.4 Å². The van der Waals surface area contributed by atoms with E-state index in [0.29, 0.717) is 5.56 Å². The van der Waals surface area contributed by atoms with Crippen molar-refractivity contribution in [3.63, 3.8) is 0 Å². The van der Waals surface area contributed by atoms with Crippen molar-refractivity contribution in [3.8, 4) is 0 Å². The summed E-state index contributed by atoms with van der Waals surface area (Å²) in [7, 11) is 4.83. The maximum atomic E-state index is 12.9. The van der Waals surface area contributed by atoms with Gasteiger partial charge in [-0.1, -0.05) is 44.2 Å². The SMILES string of the molecule is [B]C(C=O)(OCNC(=O)CNC(=O)C(Cc1ccccc1)NC(=O)CNC(=O)CNC(=O)C(CNCC(=O)O)NC(=O)CC(C)C)C(F)(F)F. The molecular formula is C29H39BF3N7O10. The lowest BCUT2D eigenvalue weighted by Gasteiger charge is -2.27. The zero-order valence-electron chi connectivity index (χ0n) is 27.2. The molecule has 17 nitrogen and oxygen atoms in total. The van der Waals surface area contributed by atoms with Gasteiger partial charge >= 0.3 is 12.1 Å². The van der Waals surface area contributed by atoms with E-state index in [1.165, 1.54) is 0 Å². The highest BCUT2D eigenvalue weighted by Crippen LogP contribution is 2.29. The predicted molar refractivity (Wildman–Crippen MR) is 168 cm³/mol. The molecular weight excluding hydrogens is 674 g/mol. The fraction of sp³-hybridized carbons (Fsp3) is 0.517. The van der Waals surface area contributed by atoms with Crippen molar-refractivity contribution >= 4 is 55.5 Å². The molecule has 0 aliphatic rings. The summed E-state index contributed by atoms with van der Waals surface area (Å²) in [6, 6.07) is 5.80. The minimum Gasteiger partial charge on any atom is -0.480 e. The highest BCUT2D eigenvalue weighted by molar-refractivity contribution is 6.24. The van der Waals surface area contributed by atoms with Gasteiger partial charge < -0.3 is 51.9 Å². The average molecular weight is 713 g/mol. The van der Waals surface area contributed by atoms with Crippen LogP contribution >= 0.6 is 0 Å². The molecule has 0 spiro atoms.